The summed E-state index contributed by atoms with van der Waals surface area (Å²) >= 11 is 0. The Morgan fingerprint density at radius 2 is 2.22 bits per heavy atom. The quantitative estimate of drug-likeness (QED) is 0.758. The number of nitrogens with zero attached hydrogens (tertiary/aromatic N) is 2. The molecule has 6 heteroatoms. The number of carbonyl (C=O) groups is 1. The third kappa shape index (κ3) is 2.85. The van der Waals surface area contributed by atoms with Crippen molar-refractivity contribution in [3.63, 3.8) is 0 Å². The molecule has 0 aliphatic rings. The van der Waals surface area contributed by atoms with E-state index in [9.17, 15) is 4.79 Å². The van der Waals surface area contributed by atoms with E-state index >= 15 is 0 Å². The first-order chi connectivity index (χ1) is 11.1. The van der Waals surface area contributed by atoms with Gasteiger partial charge in [0.2, 0.25) is 0 Å². The zero-order valence-corrected chi connectivity index (χ0v) is 13.2. The standard InChI is InChI=1S/C17H20N4O2/c1-3-21-15-7-5-4-6-14(15)20-16(21)11(2)19-17(22)12-8-13(9-18)23-10-12/h4-8,10-11H,3,9,18H2,1-2H3,(H,19,22). The Labute approximate surface area is 134 Å². The summed E-state index contributed by atoms with van der Waals surface area (Å²) in [6.07, 6.45) is 1.42. The second-order valence-electron chi connectivity index (χ2n) is 5.40. The molecule has 3 aromatic rings. The first-order valence-electron chi connectivity index (χ1n) is 7.67. The summed E-state index contributed by atoms with van der Waals surface area (Å²) in [4.78, 5) is 17.0. The van der Waals surface area contributed by atoms with Gasteiger partial charge in [-0.1, -0.05) is 12.1 Å². The lowest BCUT2D eigenvalue weighted by Crippen LogP contribution is -2.28. The maximum absolute atomic E-state index is 12.3. The monoisotopic (exact) mass is 312 g/mol. The number of fused-ring (bicyclic) bond motifs is 1. The lowest BCUT2D eigenvalue weighted by atomic mass is 10.2. The topological polar surface area (TPSA) is 86.1 Å². The van der Waals surface area contributed by atoms with Crippen molar-refractivity contribution in [2.24, 2.45) is 5.73 Å². The molecule has 3 rings (SSSR count). The summed E-state index contributed by atoms with van der Waals surface area (Å²) in [6.45, 7) is 5.05. The Bertz CT molecular complexity index is 834. The minimum Gasteiger partial charge on any atom is -0.467 e. The average Bonchev–Trinajstić information content (AvgIpc) is 3.18. The minimum absolute atomic E-state index is 0.198. The predicted octanol–water partition coefficient (Wildman–Crippen LogP) is 2.60. The average molecular weight is 312 g/mol. The van der Waals surface area contributed by atoms with Crippen molar-refractivity contribution < 1.29 is 9.21 Å². The lowest BCUT2D eigenvalue weighted by Gasteiger charge is -2.14. The Morgan fingerprint density at radius 1 is 1.43 bits per heavy atom. The highest BCUT2D eigenvalue weighted by Gasteiger charge is 2.19. The van der Waals surface area contributed by atoms with E-state index in [1.807, 2.05) is 31.2 Å². The van der Waals surface area contributed by atoms with Crippen LogP contribution in [0.25, 0.3) is 11.0 Å². The number of aromatic nitrogens is 2. The molecule has 1 amide bonds. The Balaban J connectivity index is 1.85. The maximum atomic E-state index is 12.3. The van der Waals surface area contributed by atoms with Gasteiger partial charge in [0.15, 0.2) is 0 Å². The van der Waals surface area contributed by atoms with E-state index in [-0.39, 0.29) is 18.5 Å². The Hall–Kier alpha value is -2.60. The fourth-order valence-electron chi connectivity index (χ4n) is 2.71. The van der Waals surface area contributed by atoms with Crippen LogP contribution in [-0.4, -0.2) is 15.5 Å². The van der Waals surface area contributed by atoms with E-state index in [1.165, 1.54) is 6.26 Å². The predicted molar refractivity (Wildman–Crippen MR) is 87.9 cm³/mol. The molecule has 0 radical (unpaired) electrons. The fraction of sp³-hybridized carbons (Fsp3) is 0.294. The molecule has 0 bridgehead atoms. The van der Waals surface area contributed by atoms with Gasteiger partial charge in [0.05, 0.1) is 29.2 Å². The molecular weight excluding hydrogens is 292 g/mol. The molecule has 6 nitrogen and oxygen atoms in total. The zero-order valence-electron chi connectivity index (χ0n) is 13.2. The molecule has 0 fully saturated rings. The first kappa shape index (κ1) is 15.3. The minimum atomic E-state index is -0.217. The van der Waals surface area contributed by atoms with Crippen LogP contribution in [0.15, 0.2) is 41.0 Å². The van der Waals surface area contributed by atoms with Gasteiger partial charge < -0.3 is 20.0 Å². The third-order valence-corrected chi connectivity index (χ3v) is 3.85. The van der Waals surface area contributed by atoms with E-state index in [0.717, 1.165) is 23.4 Å². The number of benzene rings is 1. The number of hydrogen-bond donors (Lipinski definition) is 2. The van der Waals surface area contributed by atoms with Crippen LogP contribution in [0, 0.1) is 0 Å². The van der Waals surface area contributed by atoms with Crippen molar-refractivity contribution in [2.45, 2.75) is 33.0 Å². The molecule has 3 N–H and O–H groups in total. The summed E-state index contributed by atoms with van der Waals surface area (Å²) in [5.41, 5.74) is 7.97. The number of rotatable bonds is 5. The van der Waals surface area contributed by atoms with Crippen molar-refractivity contribution in [1.82, 2.24) is 14.9 Å². The highest BCUT2D eigenvalue weighted by Crippen LogP contribution is 2.21. The van der Waals surface area contributed by atoms with Crippen molar-refractivity contribution >= 4 is 16.9 Å². The van der Waals surface area contributed by atoms with E-state index in [2.05, 4.69) is 21.8 Å². The smallest absolute Gasteiger partial charge is 0.255 e. The van der Waals surface area contributed by atoms with Gasteiger partial charge in [-0.05, 0) is 32.0 Å². The number of nitrogens with two attached hydrogens (primary N) is 1. The Kier molecular flexibility index (Phi) is 4.16. The van der Waals surface area contributed by atoms with Crippen LogP contribution >= 0.6 is 0 Å². The van der Waals surface area contributed by atoms with Crippen LogP contribution in [0.3, 0.4) is 0 Å². The van der Waals surface area contributed by atoms with Gasteiger partial charge in [-0.15, -0.1) is 0 Å². The number of para-hydroxylation sites is 2. The highest BCUT2D eigenvalue weighted by atomic mass is 16.3. The molecule has 120 valence electrons. The molecular formula is C17H20N4O2. The molecule has 1 atom stereocenters. The number of carbonyl (C=O) groups excluding carboxylic acids is 1. The van der Waals surface area contributed by atoms with Crippen LogP contribution < -0.4 is 11.1 Å². The van der Waals surface area contributed by atoms with Crippen LogP contribution in [0.2, 0.25) is 0 Å². The van der Waals surface area contributed by atoms with Crippen molar-refractivity contribution in [3.05, 3.63) is 53.7 Å². The maximum Gasteiger partial charge on any atom is 0.255 e. The summed E-state index contributed by atoms with van der Waals surface area (Å²) in [5.74, 6) is 1.23. The Morgan fingerprint density at radius 3 is 2.91 bits per heavy atom. The van der Waals surface area contributed by atoms with Gasteiger partial charge >= 0.3 is 0 Å². The third-order valence-electron chi connectivity index (χ3n) is 3.85. The van der Waals surface area contributed by atoms with E-state index in [4.69, 9.17) is 10.2 Å². The number of aryl methyl sites for hydroxylation is 1. The van der Waals surface area contributed by atoms with Crippen LogP contribution in [0.5, 0.6) is 0 Å². The van der Waals surface area contributed by atoms with Gasteiger partial charge in [0, 0.05) is 6.54 Å². The summed E-state index contributed by atoms with van der Waals surface area (Å²) in [5, 5.41) is 2.96. The summed E-state index contributed by atoms with van der Waals surface area (Å²) in [6, 6.07) is 9.40. The molecule has 0 saturated heterocycles. The largest absolute Gasteiger partial charge is 0.467 e. The van der Waals surface area contributed by atoms with Gasteiger partial charge in [0.25, 0.3) is 5.91 Å². The molecule has 23 heavy (non-hydrogen) atoms. The molecule has 0 spiro atoms. The van der Waals surface area contributed by atoms with E-state index in [1.54, 1.807) is 6.07 Å². The highest BCUT2D eigenvalue weighted by molar-refractivity contribution is 5.94. The van der Waals surface area contributed by atoms with Crippen LogP contribution in [0.1, 0.15) is 41.8 Å². The molecule has 0 aliphatic heterocycles. The number of furan rings is 1. The lowest BCUT2D eigenvalue weighted by molar-refractivity contribution is 0.0937. The molecule has 1 aromatic carbocycles. The van der Waals surface area contributed by atoms with Crippen molar-refractivity contribution in [2.75, 3.05) is 0 Å². The van der Waals surface area contributed by atoms with E-state index < -0.39 is 0 Å². The SMILES string of the molecule is CCn1c(C(C)NC(=O)c2coc(CN)c2)nc2ccccc21. The molecule has 2 aromatic heterocycles. The molecule has 1 unspecified atom stereocenters. The second-order valence-corrected chi connectivity index (χ2v) is 5.40. The normalized spacial score (nSPS) is 12.5. The first-order valence-corrected chi connectivity index (χ1v) is 7.67. The van der Waals surface area contributed by atoms with Crippen LogP contribution in [0.4, 0.5) is 0 Å². The molecule has 0 saturated carbocycles. The number of nitrogens with one attached hydrogen (secondary N) is 1. The van der Waals surface area contributed by atoms with Gasteiger partial charge in [-0.25, -0.2) is 4.98 Å². The van der Waals surface area contributed by atoms with E-state index in [0.29, 0.717) is 11.3 Å². The summed E-state index contributed by atoms with van der Waals surface area (Å²) in [7, 11) is 0. The number of amides is 1. The molecule has 2 heterocycles. The summed E-state index contributed by atoms with van der Waals surface area (Å²) < 4.78 is 7.32. The van der Waals surface area contributed by atoms with Crippen molar-refractivity contribution in [3.8, 4) is 0 Å². The fourth-order valence-corrected chi connectivity index (χ4v) is 2.71. The zero-order chi connectivity index (χ0) is 16.4. The second kappa shape index (κ2) is 6.26. The molecule has 0 aliphatic carbocycles. The van der Waals surface area contributed by atoms with Gasteiger partial charge in [-0.3, -0.25) is 4.79 Å². The number of imidazole rings is 1. The van der Waals surface area contributed by atoms with Crippen molar-refractivity contribution in [1.29, 1.82) is 0 Å². The van der Waals surface area contributed by atoms with Crippen LogP contribution in [-0.2, 0) is 13.1 Å². The van der Waals surface area contributed by atoms with Gasteiger partial charge in [0.1, 0.15) is 17.8 Å². The number of hydrogen-bond acceptors (Lipinski definition) is 4. The van der Waals surface area contributed by atoms with Gasteiger partial charge in [-0.2, -0.15) is 0 Å².